The van der Waals surface area contributed by atoms with E-state index in [1.54, 1.807) is 17.0 Å². The quantitative estimate of drug-likeness (QED) is 0.748. The van der Waals surface area contributed by atoms with Crippen LogP contribution in [0.3, 0.4) is 0 Å². The maximum Gasteiger partial charge on any atom is 0.311 e. The fraction of sp³-hybridized carbons (Fsp3) is 0.565. The van der Waals surface area contributed by atoms with Crippen molar-refractivity contribution in [1.82, 2.24) is 10.2 Å². The van der Waals surface area contributed by atoms with Crippen molar-refractivity contribution in [3.05, 3.63) is 35.4 Å². The van der Waals surface area contributed by atoms with E-state index in [-0.39, 0.29) is 23.8 Å². The molecule has 0 bridgehead atoms. The Morgan fingerprint density at radius 3 is 2.33 bits per heavy atom. The van der Waals surface area contributed by atoms with Gasteiger partial charge in [-0.2, -0.15) is 0 Å². The van der Waals surface area contributed by atoms with E-state index in [1.807, 2.05) is 12.1 Å². The van der Waals surface area contributed by atoms with Crippen molar-refractivity contribution in [3.63, 3.8) is 0 Å². The highest BCUT2D eigenvalue weighted by atomic mass is 16.5. The number of benzene rings is 1. The van der Waals surface area contributed by atoms with E-state index in [4.69, 9.17) is 4.74 Å². The SMILES string of the molecule is CC(C)(C)c1ccc(C(=O)NC(=O)COC(=O)[C@@H]2CC(=O)N(C3CCCC3)C2)cc1. The summed E-state index contributed by atoms with van der Waals surface area (Å²) in [4.78, 5) is 50.5. The van der Waals surface area contributed by atoms with Gasteiger partial charge in [-0.15, -0.1) is 0 Å². The van der Waals surface area contributed by atoms with Crippen molar-refractivity contribution in [2.45, 2.75) is 64.3 Å². The second-order valence-electron chi connectivity index (χ2n) is 9.20. The summed E-state index contributed by atoms with van der Waals surface area (Å²) >= 11 is 0. The first-order chi connectivity index (χ1) is 14.1. The van der Waals surface area contributed by atoms with E-state index in [1.165, 1.54) is 0 Å². The number of ether oxygens (including phenoxy) is 1. The van der Waals surface area contributed by atoms with E-state index in [2.05, 4.69) is 26.1 Å². The normalized spacial score (nSPS) is 19.8. The zero-order valence-corrected chi connectivity index (χ0v) is 17.9. The molecule has 30 heavy (non-hydrogen) atoms. The third-order valence-corrected chi connectivity index (χ3v) is 5.87. The molecule has 1 aromatic carbocycles. The minimum atomic E-state index is -0.690. The molecule has 2 fully saturated rings. The lowest BCUT2D eigenvalue weighted by Crippen LogP contribution is -2.36. The Labute approximate surface area is 177 Å². The fourth-order valence-electron chi connectivity index (χ4n) is 4.07. The molecule has 7 heteroatoms. The van der Waals surface area contributed by atoms with Gasteiger partial charge in [-0.1, -0.05) is 45.7 Å². The molecule has 3 amide bonds. The van der Waals surface area contributed by atoms with Gasteiger partial charge in [-0.3, -0.25) is 24.5 Å². The van der Waals surface area contributed by atoms with Crippen LogP contribution in [0.15, 0.2) is 24.3 Å². The Morgan fingerprint density at radius 2 is 1.73 bits per heavy atom. The Bertz CT molecular complexity index is 819. The van der Waals surface area contributed by atoms with Crippen molar-refractivity contribution in [2.75, 3.05) is 13.2 Å². The van der Waals surface area contributed by atoms with Gasteiger partial charge < -0.3 is 9.64 Å². The number of nitrogens with zero attached hydrogens (tertiary/aromatic N) is 1. The van der Waals surface area contributed by atoms with Crippen LogP contribution in [0.5, 0.6) is 0 Å². The maximum absolute atomic E-state index is 12.3. The van der Waals surface area contributed by atoms with Crippen LogP contribution in [-0.4, -0.2) is 47.8 Å². The first-order valence-electron chi connectivity index (χ1n) is 10.6. The Kier molecular flexibility index (Phi) is 6.58. The van der Waals surface area contributed by atoms with Crippen LogP contribution >= 0.6 is 0 Å². The number of hydrogen-bond donors (Lipinski definition) is 1. The molecule has 1 saturated carbocycles. The van der Waals surface area contributed by atoms with Crippen LogP contribution in [0.2, 0.25) is 0 Å². The molecule has 3 rings (SSSR count). The average molecular weight is 415 g/mol. The smallest absolute Gasteiger partial charge is 0.311 e. The molecule has 1 N–H and O–H groups in total. The number of amides is 3. The highest BCUT2D eigenvalue weighted by molar-refractivity contribution is 6.05. The monoisotopic (exact) mass is 414 g/mol. The van der Waals surface area contributed by atoms with Gasteiger partial charge in [0.2, 0.25) is 5.91 Å². The van der Waals surface area contributed by atoms with Gasteiger partial charge in [-0.25, -0.2) is 0 Å². The molecule has 162 valence electrons. The lowest BCUT2D eigenvalue weighted by molar-refractivity contribution is -0.152. The maximum atomic E-state index is 12.3. The van der Waals surface area contributed by atoms with Crippen LogP contribution in [0.1, 0.15) is 68.8 Å². The average Bonchev–Trinajstić information content (AvgIpc) is 3.35. The second-order valence-corrected chi connectivity index (χ2v) is 9.20. The summed E-state index contributed by atoms with van der Waals surface area (Å²) in [5, 5.41) is 2.23. The molecule has 1 aliphatic carbocycles. The molecule has 0 radical (unpaired) electrons. The molecular weight excluding hydrogens is 384 g/mol. The summed E-state index contributed by atoms with van der Waals surface area (Å²) in [5.74, 6) is -2.38. The minimum absolute atomic E-state index is 0.0258. The summed E-state index contributed by atoms with van der Waals surface area (Å²) in [6, 6.07) is 7.26. The highest BCUT2D eigenvalue weighted by Crippen LogP contribution is 2.29. The molecule has 0 aromatic heterocycles. The van der Waals surface area contributed by atoms with Gasteiger partial charge in [0.1, 0.15) is 0 Å². The minimum Gasteiger partial charge on any atom is -0.455 e. The van der Waals surface area contributed by atoms with E-state index in [9.17, 15) is 19.2 Å². The number of hydrogen-bond acceptors (Lipinski definition) is 5. The van der Waals surface area contributed by atoms with Gasteiger partial charge >= 0.3 is 5.97 Å². The third kappa shape index (κ3) is 5.26. The van der Waals surface area contributed by atoms with E-state index in [0.717, 1.165) is 31.2 Å². The lowest BCUT2D eigenvalue weighted by atomic mass is 9.87. The fourth-order valence-corrected chi connectivity index (χ4v) is 4.07. The van der Waals surface area contributed by atoms with Crippen molar-refractivity contribution >= 4 is 23.7 Å². The number of carbonyl (C=O) groups is 4. The van der Waals surface area contributed by atoms with Crippen molar-refractivity contribution < 1.29 is 23.9 Å². The predicted molar refractivity (Wildman–Crippen MR) is 111 cm³/mol. The molecule has 0 unspecified atom stereocenters. The van der Waals surface area contributed by atoms with Gasteiger partial charge in [0.15, 0.2) is 6.61 Å². The molecule has 1 saturated heterocycles. The molecular formula is C23H30N2O5. The van der Waals surface area contributed by atoms with Gasteiger partial charge in [-0.05, 0) is 36.0 Å². The van der Waals surface area contributed by atoms with Crippen molar-refractivity contribution in [1.29, 1.82) is 0 Å². The number of esters is 1. The standard InChI is InChI=1S/C23H30N2O5/c1-23(2,3)17-10-8-15(9-11-17)21(28)24-19(26)14-30-22(29)16-12-20(27)25(13-16)18-6-4-5-7-18/h8-11,16,18H,4-7,12-14H2,1-3H3,(H,24,26,28)/t16-/m1/s1. The lowest BCUT2D eigenvalue weighted by Gasteiger charge is -2.23. The predicted octanol–water partition coefficient (Wildman–Crippen LogP) is 2.57. The number of nitrogens with one attached hydrogen (secondary N) is 1. The molecule has 1 heterocycles. The number of carbonyl (C=O) groups excluding carboxylic acids is 4. The van der Waals surface area contributed by atoms with Crippen LogP contribution in [0.25, 0.3) is 0 Å². The van der Waals surface area contributed by atoms with E-state index < -0.39 is 30.3 Å². The van der Waals surface area contributed by atoms with Gasteiger partial charge in [0.25, 0.3) is 11.8 Å². The number of rotatable bonds is 5. The summed E-state index contributed by atoms with van der Waals surface area (Å²) in [7, 11) is 0. The zero-order chi connectivity index (χ0) is 21.9. The van der Waals surface area contributed by atoms with Crippen LogP contribution in [0, 0.1) is 5.92 Å². The molecule has 0 spiro atoms. The topological polar surface area (TPSA) is 92.8 Å². The Balaban J connectivity index is 1.45. The second kappa shape index (κ2) is 8.98. The first-order valence-corrected chi connectivity index (χ1v) is 10.6. The molecule has 1 aromatic rings. The summed E-state index contributed by atoms with van der Waals surface area (Å²) in [6.07, 6.45) is 4.30. The largest absolute Gasteiger partial charge is 0.455 e. The number of likely N-dealkylation sites (tertiary alicyclic amines) is 1. The molecule has 7 nitrogen and oxygen atoms in total. The third-order valence-electron chi connectivity index (χ3n) is 5.87. The molecule has 1 aliphatic heterocycles. The van der Waals surface area contributed by atoms with Crippen LogP contribution in [0.4, 0.5) is 0 Å². The number of imide groups is 1. The Morgan fingerprint density at radius 1 is 1.10 bits per heavy atom. The first kappa shape index (κ1) is 22.0. The van der Waals surface area contributed by atoms with E-state index in [0.29, 0.717) is 12.1 Å². The van der Waals surface area contributed by atoms with Gasteiger partial charge in [0, 0.05) is 24.6 Å². The molecule has 1 atom stereocenters. The highest BCUT2D eigenvalue weighted by Gasteiger charge is 2.39. The van der Waals surface area contributed by atoms with Crippen molar-refractivity contribution in [3.8, 4) is 0 Å². The van der Waals surface area contributed by atoms with Gasteiger partial charge in [0.05, 0.1) is 5.92 Å². The van der Waals surface area contributed by atoms with Crippen LogP contribution in [-0.2, 0) is 24.5 Å². The van der Waals surface area contributed by atoms with Crippen LogP contribution < -0.4 is 5.32 Å². The summed E-state index contributed by atoms with van der Waals surface area (Å²) < 4.78 is 5.07. The van der Waals surface area contributed by atoms with E-state index >= 15 is 0 Å². The zero-order valence-electron chi connectivity index (χ0n) is 17.9. The summed E-state index contributed by atoms with van der Waals surface area (Å²) in [6.45, 7) is 6.03. The Hall–Kier alpha value is -2.70. The molecule has 2 aliphatic rings. The summed E-state index contributed by atoms with van der Waals surface area (Å²) in [5.41, 5.74) is 1.40. The van der Waals surface area contributed by atoms with Crippen molar-refractivity contribution in [2.24, 2.45) is 5.92 Å².